The summed E-state index contributed by atoms with van der Waals surface area (Å²) in [4.78, 5) is 22.7. The van der Waals surface area contributed by atoms with Crippen LogP contribution in [0.15, 0.2) is 16.7 Å². The molecular formula is C10H10F3NO4. The third-order valence-electron chi connectivity index (χ3n) is 2.10. The van der Waals surface area contributed by atoms with E-state index < -0.39 is 30.4 Å². The Morgan fingerprint density at radius 1 is 1.44 bits per heavy atom. The molecular weight excluding hydrogens is 255 g/mol. The van der Waals surface area contributed by atoms with Crippen LogP contribution >= 0.6 is 0 Å². The van der Waals surface area contributed by atoms with Crippen molar-refractivity contribution in [3.63, 3.8) is 0 Å². The summed E-state index contributed by atoms with van der Waals surface area (Å²) in [6.45, 7) is -0.197. The number of carboxylic acids is 1. The fourth-order valence-corrected chi connectivity index (χ4v) is 1.26. The maximum Gasteiger partial charge on any atom is 0.406 e. The van der Waals surface area contributed by atoms with E-state index in [0.29, 0.717) is 4.90 Å². The maximum absolute atomic E-state index is 12.2. The summed E-state index contributed by atoms with van der Waals surface area (Å²) in [6.07, 6.45) is -3.72. The van der Waals surface area contributed by atoms with E-state index in [9.17, 15) is 22.8 Å². The zero-order valence-electron chi connectivity index (χ0n) is 9.32. The summed E-state index contributed by atoms with van der Waals surface area (Å²) >= 11 is 0. The molecule has 1 heterocycles. The molecule has 5 nitrogen and oxygen atoms in total. The highest BCUT2D eigenvalue weighted by Crippen LogP contribution is 2.18. The van der Waals surface area contributed by atoms with Crippen LogP contribution in [0.5, 0.6) is 0 Å². The number of hydrogen-bond donors (Lipinski definition) is 1. The molecule has 100 valence electrons. The van der Waals surface area contributed by atoms with Gasteiger partial charge in [-0.15, -0.1) is 0 Å². The van der Waals surface area contributed by atoms with Gasteiger partial charge in [0.25, 0.3) is 5.91 Å². The van der Waals surface area contributed by atoms with E-state index in [1.165, 1.54) is 6.92 Å². The number of rotatable bonds is 4. The first-order chi connectivity index (χ1) is 8.24. The molecule has 1 rings (SSSR count). The van der Waals surface area contributed by atoms with Crippen molar-refractivity contribution in [2.75, 3.05) is 13.1 Å². The summed E-state index contributed by atoms with van der Waals surface area (Å²) < 4.78 is 41.2. The molecule has 0 radical (unpaired) electrons. The molecule has 0 atom stereocenters. The number of furan rings is 1. The van der Waals surface area contributed by atoms with Gasteiger partial charge in [0.05, 0.1) is 5.56 Å². The molecule has 0 unspecified atom stereocenters. The Morgan fingerprint density at radius 2 is 2.06 bits per heavy atom. The molecule has 0 spiro atoms. The number of aromatic carboxylic acids is 1. The monoisotopic (exact) mass is 265 g/mol. The van der Waals surface area contributed by atoms with Crippen molar-refractivity contribution in [2.45, 2.75) is 13.1 Å². The summed E-state index contributed by atoms with van der Waals surface area (Å²) in [7, 11) is 0. The van der Waals surface area contributed by atoms with Crippen molar-refractivity contribution < 1.29 is 32.3 Å². The van der Waals surface area contributed by atoms with Gasteiger partial charge in [-0.25, -0.2) is 4.79 Å². The molecule has 0 aromatic carbocycles. The largest absolute Gasteiger partial charge is 0.478 e. The molecule has 1 aromatic rings. The predicted molar refractivity (Wildman–Crippen MR) is 53.3 cm³/mol. The third kappa shape index (κ3) is 3.51. The van der Waals surface area contributed by atoms with Crippen molar-refractivity contribution in [1.29, 1.82) is 0 Å². The second kappa shape index (κ2) is 5.11. The Hall–Kier alpha value is -1.99. The van der Waals surface area contributed by atoms with Crippen molar-refractivity contribution in [3.8, 4) is 0 Å². The minimum Gasteiger partial charge on any atom is -0.478 e. The van der Waals surface area contributed by atoms with E-state index in [0.717, 1.165) is 12.3 Å². The number of carboxylic acid groups (broad SMARTS) is 1. The molecule has 18 heavy (non-hydrogen) atoms. The van der Waals surface area contributed by atoms with E-state index >= 15 is 0 Å². The van der Waals surface area contributed by atoms with Crippen molar-refractivity contribution in [2.24, 2.45) is 0 Å². The molecule has 0 bridgehead atoms. The molecule has 0 aliphatic rings. The van der Waals surface area contributed by atoms with Crippen LogP contribution in [0.2, 0.25) is 0 Å². The van der Waals surface area contributed by atoms with Crippen LogP contribution in [0.25, 0.3) is 0 Å². The maximum atomic E-state index is 12.2. The number of nitrogens with zero attached hydrogens (tertiary/aromatic N) is 1. The Morgan fingerprint density at radius 3 is 2.44 bits per heavy atom. The lowest BCUT2D eigenvalue weighted by atomic mass is 10.3. The minimum absolute atomic E-state index is 0.165. The molecule has 1 amide bonds. The number of carbonyl (C=O) groups excluding carboxylic acids is 1. The second-order valence-electron chi connectivity index (χ2n) is 3.44. The lowest BCUT2D eigenvalue weighted by Gasteiger charge is -2.20. The van der Waals surface area contributed by atoms with E-state index in [1.807, 2.05) is 0 Å². The molecule has 0 aliphatic heterocycles. The second-order valence-corrected chi connectivity index (χ2v) is 3.44. The summed E-state index contributed by atoms with van der Waals surface area (Å²) in [5.74, 6) is -2.75. The van der Waals surface area contributed by atoms with Gasteiger partial charge in [0.15, 0.2) is 5.76 Å². The van der Waals surface area contributed by atoms with Gasteiger partial charge in [-0.1, -0.05) is 0 Å². The lowest BCUT2D eigenvalue weighted by molar-refractivity contribution is -0.140. The number of carbonyl (C=O) groups is 2. The zero-order chi connectivity index (χ0) is 13.9. The van der Waals surface area contributed by atoms with E-state index in [2.05, 4.69) is 4.42 Å². The fraction of sp³-hybridized carbons (Fsp3) is 0.400. The summed E-state index contributed by atoms with van der Waals surface area (Å²) in [5.41, 5.74) is -0.290. The fourth-order valence-electron chi connectivity index (χ4n) is 1.26. The molecule has 1 N–H and O–H groups in total. The van der Waals surface area contributed by atoms with Crippen LogP contribution in [-0.2, 0) is 0 Å². The highest BCUT2D eigenvalue weighted by molar-refractivity contribution is 5.95. The predicted octanol–water partition coefficient (Wildman–Crippen LogP) is 2.00. The highest BCUT2D eigenvalue weighted by Gasteiger charge is 2.33. The highest BCUT2D eigenvalue weighted by atomic mass is 19.4. The summed E-state index contributed by atoms with van der Waals surface area (Å²) in [5, 5.41) is 8.60. The van der Waals surface area contributed by atoms with Gasteiger partial charge in [-0.05, 0) is 6.92 Å². The van der Waals surface area contributed by atoms with E-state index in [1.54, 1.807) is 0 Å². The zero-order valence-corrected chi connectivity index (χ0v) is 9.32. The van der Waals surface area contributed by atoms with E-state index in [4.69, 9.17) is 5.11 Å². The number of halogens is 3. The van der Waals surface area contributed by atoms with Crippen molar-refractivity contribution in [3.05, 3.63) is 23.7 Å². The lowest BCUT2D eigenvalue weighted by Crippen LogP contribution is -2.38. The standard InChI is InChI=1S/C10H10F3NO4/c1-2-14(5-10(11,12)13)8(15)7-3-6(4-18-7)9(16)17/h3-4H,2,5H2,1H3,(H,16,17). The van der Waals surface area contributed by atoms with Gasteiger partial charge in [-0.2, -0.15) is 13.2 Å². The van der Waals surface area contributed by atoms with Crippen molar-refractivity contribution in [1.82, 2.24) is 4.90 Å². The Balaban J connectivity index is 2.86. The first-order valence-electron chi connectivity index (χ1n) is 4.92. The van der Waals surface area contributed by atoms with Gasteiger partial charge in [0.2, 0.25) is 0 Å². The van der Waals surface area contributed by atoms with Gasteiger partial charge < -0.3 is 14.4 Å². The van der Waals surface area contributed by atoms with Gasteiger partial charge in [0, 0.05) is 12.6 Å². The first-order valence-corrected chi connectivity index (χ1v) is 4.92. The molecule has 1 aromatic heterocycles. The first kappa shape index (κ1) is 14.1. The number of hydrogen-bond acceptors (Lipinski definition) is 3. The molecule has 8 heteroatoms. The SMILES string of the molecule is CCN(CC(F)(F)F)C(=O)c1cc(C(=O)O)co1. The summed E-state index contributed by atoms with van der Waals surface area (Å²) in [6, 6.07) is 0.893. The average Bonchev–Trinajstić information content (AvgIpc) is 2.72. The molecule has 0 aliphatic carbocycles. The smallest absolute Gasteiger partial charge is 0.406 e. The Kier molecular flexibility index (Phi) is 4.00. The molecule has 0 fully saturated rings. The van der Waals surface area contributed by atoms with Crippen LogP contribution in [0, 0.1) is 0 Å². The van der Waals surface area contributed by atoms with Gasteiger partial charge in [0.1, 0.15) is 12.8 Å². The van der Waals surface area contributed by atoms with Crippen LogP contribution in [-0.4, -0.2) is 41.1 Å². The quantitative estimate of drug-likeness (QED) is 0.903. The number of alkyl halides is 3. The van der Waals surface area contributed by atoms with Crippen LogP contribution in [0.3, 0.4) is 0 Å². The van der Waals surface area contributed by atoms with Crippen LogP contribution in [0.1, 0.15) is 27.8 Å². The average molecular weight is 265 g/mol. The Bertz CT molecular complexity index is 452. The molecule has 0 saturated carbocycles. The van der Waals surface area contributed by atoms with Crippen molar-refractivity contribution >= 4 is 11.9 Å². The van der Waals surface area contributed by atoms with E-state index in [-0.39, 0.29) is 12.1 Å². The van der Waals surface area contributed by atoms with Crippen LogP contribution < -0.4 is 0 Å². The minimum atomic E-state index is -4.52. The van der Waals surface area contributed by atoms with Gasteiger partial charge >= 0.3 is 12.1 Å². The number of amides is 1. The molecule has 0 saturated heterocycles. The van der Waals surface area contributed by atoms with Gasteiger partial charge in [-0.3, -0.25) is 4.79 Å². The normalized spacial score (nSPS) is 11.3. The topological polar surface area (TPSA) is 70.8 Å². The van der Waals surface area contributed by atoms with Crippen LogP contribution in [0.4, 0.5) is 13.2 Å². The third-order valence-corrected chi connectivity index (χ3v) is 2.10. The Labute approximate surface area is 99.8 Å².